The quantitative estimate of drug-likeness (QED) is 0.617. The second-order valence-corrected chi connectivity index (χ2v) is 8.30. The van der Waals surface area contributed by atoms with Crippen LogP contribution >= 0.6 is 0 Å². The van der Waals surface area contributed by atoms with E-state index in [1.807, 2.05) is 0 Å². The van der Waals surface area contributed by atoms with Gasteiger partial charge in [-0.05, 0) is 41.2 Å². The average molecular weight is 186 g/mol. The molecular weight excluding hydrogens is 164 g/mol. The van der Waals surface area contributed by atoms with Gasteiger partial charge in [0.25, 0.3) is 0 Å². The predicted molar refractivity (Wildman–Crippen MR) is 58.4 cm³/mol. The van der Waals surface area contributed by atoms with E-state index in [1.54, 1.807) is 0 Å². The zero-order valence-electron chi connectivity index (χ0n) is 9.31. The summed E-state index contributed by atoms with van der Waals surface area (Å²) in [6.45, 7) is 8.68. The predicted octanol–water partition coefficient (Wildman–Crippen LogP) is 1.69. The van der Waals surface area contributed by atoms with E-state index in [-0.39, 0.29) is 0 Å². The molecule has 0 aliphatic carbocycles. The van der Waals surface area contributed by atoms with E-state index < -0.39 is 8.40 Å². The second kappa shape index (κ2) is 4.21. The fraction of sp³-hybridized carbons (Fsp3) is 0.778. The average Bonchev–Trinajstić information content (AvgIpc) is 2.00. The Hall–Kier alpha value is -0.123. The maximum atomic E-state index is 4.17. The van der Waals surface area contributed by atoms with Crippen molar-refractivity contribution in [3.8, 4) is 0 Å². The van der Waals surface area contributed by atoms with Crippen molar-refractivity contribution in [1.29, 1.82) is 0 Å². The highest BCUT2D eigenvalue weighted by Crippen LogP contribution is 2.20. The molecule has 0 aliphatic heterocycles. The van der Waals surface area contributed by atoms with Gasteiger partial charge < -0.3 is 9.13 Å². The summed E-state index contributed by atoms with van der Waals surface area (Å²) in [4.78, 5) is 0. The van der Waals surface area contributed by atoms with Crippen molar-refractivity contribution in [2.24, 2.45) is 0 Å². The number of rotatable bonds is 4. The molecule has 0 aromatic rings. The Morgan fingerprint density at radius 1 is 1.17 bits per heavy atom. The summed E-state index contributed by atoms with van der Waals surface area (Å²) in [7, 11) is 7.05. The number of nitrogens with zero attached hydrogens (tertiary/aromatic N) is 2. The molecule has 0 heterocycles. The molecule has 0 atom stereocenters. The topological polar surface area (TPSA) is 6.48 Å². The lowest BCUT2D eigenvalue weighted by atomic mass is 10.5. The Morgan fingerprint density at radius 3 is 1.58 bits per heavy atom. The Labute approximate surface area is 78.0 Å². The summed E-state index contributed by atoms with van der Waals surface area (Å²) >= 11 is 0. The van der Waals surface area contributed by atoms with Gasteiger partial charge in [0.2, 0.25) is 8.40 Å². The van der Waals surface area contributed by atoms with Gasteiger partial charge in [-0.25, -0.2) is 0 Å². The number of hydrogen-bond acceptors (Lipinski definition) is 2. The van der Waals surface area contributed by atoms with Crippen LogP contribution in [0.4, 0.5) is 0 Å². The van der Waals surface area contributed by atoms with Crippen molar-refractivity contribution in [2.45, 2.75) is 19.9 Å². The van der Waals surface area contributed by atoms with E-state index in [1.165, 1.54) is 5.20 Å². The molecule has 0 bridgehead atoms. The van der Waals surface area contributed by atoms with Crippen LogP contribution in [-0.4, -0.2) is 45.7 Å². The van der Waals surface area contributed by atoms with Gasteiger partial charge in [0.15, 0.2) is 0 Å². The third-order valence-corrected chi connectivity index (χ3v) is 8.01. The molecule has 2 nitrogen and oxygen atoms in total. The third kappa shape index (κ3) is 1.97. The van der Waals surface area contributed by atoms with Crippen molar-refractivity contribution in [1.82, 2.24) is 9.13 Å². The van der Waals surface area contributed by atoms with Crippen molar-refractivity contribution >= 4 is 8.40 Å². The molecule has 3 heteroatoms. The molecule has 0 fully saturated rings. The van der Waals surface area contributed by atoms with Gasteiger partial charge in [-0.15, -0.1) is 6.58 Å². The smallest absolute Gasteiger partial charge is 0.231 e. The zero-order valence-corrected chi connectivity index (χ0v) is 10.3. The normalized spacial score (nSPS) is 12.7. The van der Waals surface area contributed by atoms with Crippen molar-refractivity contribution in [3.63, 3.8) is 0 Å². The highest BCUT2D eigenvalue weighted by atomic mass is 28.3. The minimum Gasteiger partial charge on any atom is -0.314 e. The molecule has 0 aromatic carbocycles. The van der Waals surface area contributed by atoms with Crippen molar-refractivity contribution < 1.29 is 0 Å². The highest BCUT2D eigenvalue weighted by molar-refractivity contribution is 6.80. The fourth-order valence-electron chi connectivity index (χ4n) is 1.37. The third-order valence-electron chi connectivity index (χ3n) is 2.84. The summed E-state index contributed by atoms with van der Waals surface area (Å²) in [5, 5.41) is 1.39. The molecule has 0 aliphatic rings. The van der Waals surface area contributed by atoms with E-state index >= 15 is 0 Å². The standard InChI is InChI=1S/C9H22N2Si/c1-8-9(2)12(7,10(3)4)11(5)6/h2,8H2,1,3-7H3. The number of hydrogen-bond donors (Lipinski definition) is 0. The van der Waals surface area contributed by atoms with Crippen LogP contribution in [0.2, 0.25) is 6.55 Å². The van der Waals surface area contributed by atoms with Crippen LogP contribution in [-0.2, 0) is 0 Å². The van der Waals surface area contributed by atoms with Crippen LogP contribution in [0.15, 0.2) is 11.8 Å². The van der Waals surface area contributed by atoms with Gasteiger partial charge in [-0.2, -0.15) is 0 Å². The first-order chi connectivity index (χ1) is 5.37. The minimum absolute atomic E-state index is 1.08. The molecule has 0 amide bonds. The molecule has 0 N–H and O–H groups in total. The SMILES string of the molecule is C=C(CC)[Si](C)(N(C)C)N(C)C. The molecule has 0 rings (SSSR count). The molecule has 72 valence electrons. The van der Waals surface area contributed by atoms with Crippen molar-refractivity contribution in [3.05, 3.63) is 11.8 Å². The molecule has 12 heavy (non-hydrogen) atoms. The van der Waals surface area contributed by atoms with Crippen LogP contribution < -0.4 is 0 Å². The maximum Gasteiger partial charge on any atom is 0.231 e. The van der Waals surface area contributed by atoms with E-state index in [2.05, 4.69) is 57.4 Å². The Bertz CT molecular complexity index is 156. The number of allylic oxidation sites excluding steroid dienone is 1. The second-order valence-electron chi connectivity index (χ2n) is 3.77. The lowest BCUT2D eigenvalue weighted by Gasteiger charge is -2.40. The van der Waals surface area contributed by atoms with Crippen molar-refractivity contribution in [2.75, 3.05) is 28.2 Å². The summed E-state index contributed by atoms with van der Waals surface area (Å²) in [5.41, 5.74) is 0. The van der Waals surface area contributed by atoms with E-state index in [0.717, 1.165) is 6.42 Å². The molecule has 0 spiro atoms. The highest BCUT2D eigenvalue weighted by Gasteiger charge is 2.35. The lowest BCUT2D eigenvalue weighted by Crippen LogP contribution is -2.59. The first kappa shape index (κ1) is 11.9. The zero-order chi connectivity index (χ0) is 9.94. The Balaban J connectivity index is 4.74. The van der Waals surface area contributed by atoms with Crippen LogP contribution in [0.1, 0.15) is 13.3 Å². The Morgan fingerprint density at radius 2 is 1.50 bits per heavy atom. The van der Waals surface area contributed by atoms with Crippen LogP contribution in [0.3, 0.4) is 0 Å². The minimum atomic E-state index is -1.54. The Kier molecular flexibility index (Phi) is 4.17. The monoisotopic (exact) mass is 186 g/mol. The first-order valence-corrected chi connectivity index (χ1v) is 6.79. The van der Waals surface area contributed by atoms with Crippen LogP contribution in [0.5, 0.6) is 0 Å². The van der Waals surface area contributed by atoms with Crippen LogP contribution in [0, 0.1) is 0 Å². The maximum absolute atomic E-state index is 4.17. The molecule has 0 radical (unpaired) electrons. The summed E-state index contributed by atoms with van der Waals surface area (Å²) < 4.78 is 4.66. The van der Waals surface area contributed by atoms with E-state index in [0.29, 0.717) is 0 Å². The molecule has 0 aromatic heterocycles. The first-order valence-electron chi connectivity index (χ1n) is 4.40. The molecule has 0 saturated heterocycles. The van der Waals surface area contributed by atoms with Gasteiger partial charge in [0.05, 0.1) is 0 Å². The van der Waals surface area contributed by atoms with Gasteiger partial charge >= 0.3 is 0 Å². The van der Waals surface area contributed by atoms with Gasteiger partial charge in [-0.1, -0.05) is 12.1 Å². The van der Waals surface area contributed by atoms with Gasteiger partial charge in [0, 0.05) is 0 Å². The van der Waals surface area contributed by atoms with Gasteiger partial charge in [-0.3, -0.25) is 0 Å². The fourth-order valence-corrected chi connectivity index (χ4v) is 4.10. The largest absolute Gasteiger partial charge is 0.314 e. The molecular formula is C9H22N2Si. The summed E-state index contributed by atoms with van der Waals surface area (Å²) in [5.74, 6) is 0. The summed E-state index contributed by atoms with van der Waals surface area (Å²) in [6.07, 6.45) is 1.08. The molecule has 0 unspecified atom stereocenters. The van der Waals surface area contributed by atoms with E-state index in [9.17, 15) is 0 Å². The lowest BCUT2D eigenvalue weighted by molar-refractivity contribution is 0.495. The van der Waals surface area contributed by atoms with Crippen LogP contribution in [0.25, 0.3) is 0 Å². The van der Waals surface area contributed by atoms with Gasteiger partial charge in [0.1, 0.15) is 0 Å². The summed E-state index contributed by atoms with van der Waals surface area (Å²) in [6, 6.07) is 0. The van der Waals surface area contributed by atoms with E-state index in [4.69, 9.17) is 0 Å². The molecule has 0 saturated carbocycles.